The molecule has 0 radical (unpaired) electrons. The summed E-state index contributed by atoms with van der Waals surface area (Å²) in [6, 6.07) is 9.97. The monoisotopic (exact) mass is 296 g/mol. The fourth-order valence-corrected chi connectivity index (χ4v) is 2.60. The molecule has 0 spiro atoms. The molecule has 0 saturated carbocycles. The van der Waals surface area contributed by atoms with Crippen LogP contribution >= 0.6 is 0 Å². The van der Waals surface area contributed by atoms with Gasteiger partial charge in [0.25, 0.3) is 5.56 Å². The summed E-state index contributed by atoms with van der Waals surface area (Å²) >= 11 is 0. The molecule has 2 aromatic heterocycles. The maximum Gasteiger partial charge on any atom is 0.252 e. The maximum absolute atomic E-state index is 12.2. The van der Waals surface area contributed by atoms with Gasteiger partial charge in [0.05, 0.1) is 12.1 Å². The van der Waals surface area contributed by atoms with Crippen LogP contribution in [0.3, 0.4) is 0 Å². The van der Waals surface area contributed by atoms with Crippen LogP contribution in [0.25, 0.3) is 10.9 Å². The lowest BCUT2D eigenvalue weighted by Gasteiger charge is -2.08. The summed E-state index contributed by atoms with van der Waals surface area (Å²) in [4.78, 5) is 15.2. The van der Waals surface area contributed by atoms with E-state index in [0.29, 0.717) is 13.1 Å². The van der Waals surface area contributed by atoms with Crippen LogP contribution in [0.15, 0.2) is 39.5 Å². The second-order valence-corrected chi connectivity index (χ2v) is 5.71. The van der Waals surface area contributed by atoms with E-state index >= 15 is 0 Å². The highest BCUT2D eigenvalue weighted by Gasteiger charge is 2.06. The molecule has 0 atom stereocenters. The Hall–Kier alpha value is -2.33. The average Bonchev–Trinajstić information content (AvgIpc) is 2.90. The number of furan rings is 1. The minimum absolute atomic E-state index is 0.0377. The quantitative estimate of drug-likeness (QED) is 0.776. The fraction of sp³-hybridized carbons (Fsp3) is 0.278. The summed E-state index contributed by atoms with van der Waals surface area (Å²) < 4.78 is 5.50. The van der Waals surface area contributed by atoms with E-state index in [2.05, 4.69) is 16.4 Å². The molecule has 0 amide bonds. The van der Waals surface area contributed by atoms with E-state index in [-0.39, 0.29) is 5.56 Å². The molecule has 0 saturated heterocycles. The molecule has 2 N–H and O–H groups in total. The summed E-state index contributed by atoms with van der Waals surface area (Å²) in [5.41, 5.74) is 3.93. The number of pyridine rings is 1. The predicted molar refractivity (Wildman–Crippen MR) is 88.0 cm³/mol. The first-order valence-electron chi connectivity index (χ1n) is 7.43. The number of aryl methyl sites for hydroxylation is 3. The van der Waals surface area contributed by atoms with Gasteiger partial charge in [0.2, 0.25) is 0 Å². The van der Waals surface area contributed by atoms with Crippen LogP contribution in [-0.4, -0.2) is 4.98 Å². The topological polar surface area (TPSA) is 58.0 Å². The van der Waals surface area contributed by atoms with Gasteiger partial charge in [-0.1, -0.05) is 12.1 Å². The third-order valence-electron chi connectivity index (χ3n) is 4.04. The van der Waals surface area contributed by atoms with Gasteiger partial charge in [0.1, 0.15) is 11.5 Å². The van der Waals surface area contributed by atoms with Crippen molar-refractivity contribution in [1.29, 1.82) is 0 Å². The SMILES string of the molecule is Cc1ccc(CNCc2cc3ccc(C)c(C)c3[nH]c2=O)o1. The van der Waals surface area contributed by atoms with E-state index in [1.54, 1.807) is 0 Å². The lowest BCUT2D eigenvalue weighted by Crippen LogP contribution is -2.20. The molecule has 22 heavy (non-hydrogen) atoms. The summed E-state index contributed by atoms with van der Waals surface area (Å²) in [6.45, 7) is 7.12. The van der Waals surface area contributed by atoms with Gasteiger partial charge in [-0.2, -0.15) is 0 Å². The number of aromatic nitrogens is 1. The Morgan fingerprint density at radius 1 is 1.09 bits per heavy atom. The fourth-order valence-electron chi connectivity index (χ4n) is 2.60. The minimum atomic E-state index is -0.0377. The molecule has 3 rings (SSSR count). The number of rotatable bonds is 4. The number of H-pyrrole nitrogens is 1. The van der Waals surface area contributed by atoms with Crippen molar-refractivity contribution < 1.29 is 4.42 Å². The number of benzene rings is 1. The van der Waals surface area contributed by atoms with Gasteiger partial charge in [-0.15, -0.1) is 0 Å². The third kappa shape index (κ3) is 2.83. The number of hydrogen-bond donors (Lipinski definition) is 2. The zero-order chi connectivity index (χ0) is 15.7. The van der Waals surface area contributed by atoms with Crippen molar-refractivity contribution in [2.45, 2.75) is 33.9 Å². The lowest BCUT2D eigenvalue weighted by atomic mass is 10.0. The van der Waals surface area contributed by atoms with E-state index in [1.807, 2.05) is 45.0 Å². The van der Waals surface area contributed by atoms with Gasteiger partial charge < -0.3 is 14.7 Å². The van der Waals surface area contributed by atoms with E-state index in [9.17, 15) is 4.79 Å². The van der Waals surface area contributed by atoms with Gasteiger partial charge in [-0.25, -0.2) is 0 Å². The van der Waals surface area contributed by atoms with Crippen molar-refractivity contribution in [2.75, 3.05) is 0 Å². The van der Waals surface area contributed by atoms with E-state index < -0.39 is 0 Å². The molecule has 2 heterocycles. The molecule has 0 bridgehead atoms. The molecule has 0 aliphatic heterocycles. The Labute approximate surface area is 129 Å². The van der Waals surface area contributed by atoms with E-state index in [1.165, 1.54) is 5.56 Å². The molecule has 4 heteroatoms. The molecule has 0 fully saturated rings. The van der Waals surface area contributed by atoms with Crippen molar-refractivity contribution in [1.82, 2.24) is 10.3 Å². The highest BCUT2D eigenvalue weighted by molar-refractivity contribution is 5.83. The summed E-state index contributed by atoms with van der Waals surface area (Å²) in [5.74, 6) is 1.77. The molecule has 0 aliphatic carbocycles. The summed E-state index contributed by atoms with van der Waals surface area (Å²) in [5, 5.41) is 4.31. The number of nitrogens with one attached hydrogen (secondary N) is 2. The Morgan fingerprint density at radius 2 is 1.91 bits per heavy atom. The van der Waals surface area contributed by atoms with Gasteiger partial charge >= 0.3 is 0 Å². The zero-order valence-corrected chi connectivity index (χ0v) is 13.1. The van der Waals surface area contributed by atoms with Crippen molar-refractivity contribution in [2.24, 2.45) is 0 Å². The molecule has 4 nitrogen and oxygen atoms in total. The first kappa shape index (κ1) is 14.6. The highest BCUT2D eigenvalue weighted by Crippen LogP contribution is 2.18. The molecular formula is C18H20N2O2. The molecule has 114 valence electrons. The van der Waals surface area contributed by atoms with Crippen LogP contribution in [0.4, 0.5) is 0 Å². The molecule has 0 aliphatic rings. The van der Waals surface area contributed by atoms with Gasteiger partial charge in [0.15, 0.2) is 0 Å². The number of fused-ring (bicyclic) bond motifs is 1. The van der Waals surface area contributed by atoms with Gasteiger partial charge in [0, 0.05) is 12.1 Å². The van der Waals surface area contributed by atoms with Crippen LogP contribution in [0.1, 0.15) is 28.2 Å². The van der Waals surface area contributed by atoms with E-state index in [0.717, 1.165) is 33.6 Å². The molecule has 3 aromatic rings. The van der Waals surface area contributed by atoms with Gasteiger partial charge in [-0.05, 0) is 55.5 Å². The van der Waals surface area contributed by atoms with Crippen LogP contribution in [0, 0.1) is 20.8 Å². The Bertz CT molecular complexity index is 874. The number of aromatic amines is 1. The lowest BCUT2D eigenvalue weighted by molar-refractivity contribution is 0.461. The molecule has 1 aromatic carbocycles. The van der Waals surface area contributed by atoms with Crippen molar-refractivity contribution >= 4 is 10.9 Å². The summed E-state index contributed by atoms with van der Waals surface area (Å²) in [6.07, 6.45) is 0. The first-order valence-corrected chi connectivity index (χ1v) is 7.43. The minimum Gasteiger partial charge on any atom is -0.465 e. The van der Waals surface area contributed by atoms with Crippen molar-refractivity contribution in [3.8, 4) is 0 Å². The molecule has 0 unspecified atom stereocenters. The van der Waals surface area contributed by atoms with Crippen LogP contribution in [0.2, 0.25) is 0 Å². The third-order valence-corrected chi connectivity index (χ3v) is 4.04. The zero-order valence-electron chi connectivity index (χ0n) is 13.1. The number of hydrogen-bond acceptors (Lipinski definition) is 3. The standard InChI is InChI=1S/C18H20N2O2/c1-11-4-6-14-8-15(18(21)20-17(14)13(11)3)9-19-10-16-7-5-12(2)22-16/h4-8,19H,9-10H2,1-3H3,(H,20,21). The Balaban J connectivity index is 1.80. The predicted octanol–water partition coefficient (Wildman–Crippen LogP) is 3.34. The largest absolute Gasteiger partial charge is 0.465 e. The molecular weight excluding hydrogens is 276 g/mol. The Kier molecular flexibility index (Phi) is 3.86. The van der Waals surface area contributed by atoms with Crippen molar-refractivity contribution in [3.05, 3.63) is 68.9 Å². The van der Waals surface area contributed by atoms with Gasteiger partial charge in [-0.3, -0.25) is 4.79 Å². The van der Waals surface area contributed by atoms with Crippen LogP contribution < -0.4 is 10.9 Å². The Morgan fingerprint density at radius 3 is 2.64 bits per heavy atom. The maximum atomic E-state index is 12.2. The second-order valence-electron chi connectivity index (χ2n) is 5.71. The van der Waals surface area contributed by atoms with Crippen molar-refractivity contribution in [3.63, 3.8) is 0 Å². The second kappa shape index (κ2) is 5.81. The first-order chi connectivity index (χ1) is 10.5. The normalized spacial score (nSPS) is 11.2. The average molecular weight is 296 g/mol. The summed E-state index contributed by atoms with van der Waals surface area (Å²) in [7, 11) is 0. The van der Waals surface area contributed by atoms with Crippen LogP contribution in [0.5, 0.6) is 0 Å². The van der Waals surface area contributed by atoms with Crippen LogP contribution in [-0.2, 0) is 13.1 Å². The highest BCUT2D eigenvalue weighted by atomic mass is 16.3. The van der Waals surface area contributed by atoms with E-state index in [4.69, 9.17) is 4.42 Å². The smallest absolute Gasteiger partial charge is 0.252 e.